The summed E-state index contributed by atoms with van der Waals surface area (Å²) in [7, 11) is 0. The number of aliphatic hydroxyl groups excluding tert-OH is 1. The second-order valence-corrected chi connectivity index (χ2v) is 5.22. The molecule has 0 aliphatic carbocycles. The number of benzene rings is 1. The van der Waals surface area contributed by atoms with Gasteiger partial charge in [0.1, 0.15) is 12.7 Å². The molecule has 0 bridgehead atoms. The van der Waals surface area contributed by atoms with E-state index < -0.39 is 12.1 Å². The molecule has 0 aliphatic rings. The summed E-state index contributed by atoms with van der Waals surface area (Å²) >= 11 is 0. The van der Waals surface area contributed by atoms with Crippen LogP contribution in [0.3, 0.4) is 0 Å². The summed E-state index contributed by atoms with van der Waals surface area (Å²) in [4.78, 5) is 11.2. The van der Waals surface area contributed by atoms with Gasteiger partial charge in [-0.15, -0.1) is 0 Å². The molecule has 1 atom stereocenters. The van der Waals surface area contributed by atoms with Crippen LogP contribution in [-0.4, -0.2) is 37.0 Å². The summed E-state index contributed by atoms with van der Waals surface area (Å²) in [5.41, 5.74) is 8.70. The molecule has 0 radical (unpaired) electrons. The lowest BCUT2D eigenvalue weighted by atomic mass is 10.1. The summed E-state index contributed by atoms with van der Waals surface area (Å²) in [6, 6.07) is 5.65. The van der Waals surface area contributed by atoms with Crippen LogP contribution in [0.5, 0.6) is 0 Å². The lowest BCUT2D eigenvalue weighted by Crippen LogP contribution is -2.24. The van der Waals surface area contributed by atoms with Gasteiger partial charge < -0.3 is 25.1 Å². The van der Waals surface area contributed by atoms with Gasteiger partial charge in [0.2, 0.25) is 0 Å². The molecule has 0 saturated carbocycles. The molecule has 6 nitrogen and oxygen atoms in total. The van der Waals surface area contributed by atoms with Crippen molar-refractivity contribution in [1.82, 2.24) is 0 Å². The molecule has 0 saturated heterocycles. The maximum absolute atomic E-state index is 11.2. The zero-order valence-corrected chi connectivity index (χ0v) is 13.7. The molecular formula is C17H25NO5. The maximum Gasteiger partial charge on any atom is 0.333 e. The summed E-state index contributed by atoms with van der Waals surface area (Å²) in [6.07, 6.45) is -0.892. The van der Waals surface area contributed by atoms with Crippen molar-refractivity contribution in [2.24, 2.45) is 0 Å². The molecule has 1 rings (SSSR count). The van der Waals surface area contributed by atoms with Gasteiger partial charge in [0.15, 0.2) is 0 Å². The molecule has 1 unspecified atom stereocenters. The number of hydrogen-bond acceptors (Lipinski definition) is 6. The SMILES string of the molecule is C=C(C)C(=O)OCC(O)COCc1ccc(COCC)cc1N. The van der Waals surface area contributed by atoms with Crippen molar-refractivity contribution in [3.05, 3.63) is 41.5 Å². The van der Waals surface area contributed by atoms with E-state index >= 15 is 0 Å². The van der Waals surface area contributed by atoms with Crippen LogP contribution < -0.4 is 5.73 Å². The van der Waals surface area contributed by atoms with E-state index in [9.17, 15) is 9.90 Å². The van der Waals surface area contributed by atoms with Gasteiger partial charge in [0, 0.05) is 23.4 Å². The lowest BCUT2D eigenvalue weighted by molar-refractivity contribution is -0.143. The number of ether oxygens (including phenoxy) is 3. The number of anilines is 1. The predicted molar refractivity (Wildman–Crippen MR) is 87.6 cm³/mol. The van der Waals surface area contributed by atoms with E-state index in [-0.39, 0.29) is 25.4 Å². The number of carbonyl (C=O) groups excluding carboxylic acids is 1. The second kappa shape index (κ2) is 9.99. The molecule has 0 heterocycles. The average Bonchev–Trinajstić information content (AvgIpc) is 2.52. The highest BCUT2D eigenvalue weighted by atomic mass is 16.5. The van der Waals surface area contributed by atoms with E-state index in [1.807, 2.05) is 25.1 Å². The van der Waals surface area contributed by atoms with Crippen LogP contribution in [0.4, 0.5) is 5.69 Å². The normalized spacial score (nSPS) is 12.0. The van der Waals surface area contributed by atoms with Crippen LogP contribution in [0.15, 0.2) is 30.4 Å². The van der Waals surface area contributed by atoms with Crippen molar-refractivity contribution >= 4 is 11.7 Å². The fourth-order valence-corrected chi connectivity index (χ4v) is 1.73. The Morgan fingerprint density at radius 2 is 2.04 bits per heavy atom. The molecule has 23 heavy (non-hydrogen) atoms. The zero-order valence-electron chi connectivity index (χ0n) is 13.7. The number of rotatable bonds is 10. The van der Waals surface area contributed by atoms with Crippen LogP contribution in [0.25, 0.3) is 0 Å². The topological polar surface area (TPSA) is 91.0 Å². The summed E-state index contributed by atoms with van der Waals surface area (Å²) in [5.74, 6) is -0.529. The highest BCUT2D eigenvalue weighted by Gasteiger charge is 2.10. The number of carbonyl (C=O) groups is 1. The second-order valence-electron chi connectivity index (χ2n) is 5.22. The fourth-order valence-electron chi connectivity index (χ4n) is 1.73. The first kappa shape index (κ1) is 19.2. The summed E-state index contributed by atoms with van der Waals surface area (Å²) in [5, 5.41) is 9.69. The van der Waals surface area contributed by atoms with Crippen LogP contribution in [0.1, 0.15) is 25.0 Å². The van der Waals surface area contributed by atoms with E-state index in [2.05, 4.69) is 6.58 Å². The van der Waals surface area contributed by atoms with Crippen LogP contribution in [0.2, 0.25) is 0 Å². The lowest BCUT2D eigenvalue weighted by Gasteiger charge is -2.13. The molecule has 128 valence electrons. The molecule has 0 aliphatic heterocycles. The summed E-state index contributed by atoms with van der Waals surface area (Å²) < 4.78 is 15.6. The van der Waals surface area contributed by atoms with Crippen molar-refractivity contribution < 1.29 is 24.1 Å². The number of nitrogens with two attached hydrogens (primary N) is 1. The van der Waals surface area contributed by atoms with Crippen molar-refractivity contribution in [3.8, 4) is 0 Å². The number of nitrogen functional groups attached to an aromatic ring is 1. The Bertz CT molecular complexity index is 530. The first-order valence-corrected chi connectivity index (χ1v) is 7.47. The highest BCUT2D eigenvalue weighted by molar-refractivity contribution is 5.86. The first-order chi connectivity index (χ1) is 10.9. The minimum Gasteiger partial charge on any atom is -0.460 e. The number of esters is 1. The zero-order chi connectivity index (χ0) is 17.2. The predicted octanol–water partition coefficient (Wildman–Crippen LogP) is 1.80. The molecular weight excluding hydrogens is 298 g/mol. The molecule has 1 aromatic rings. The monoisotopic (exact) mass is 323 g/mol. The van der Waals surface area contributed by atoms with E-state index in [0.717, 1.165) is 11.1 Å². The van der Waals surface area contributed by atoms with Crippen molar-refractivity contribution in [2.75, 3.05) is 25.6 Å². The minimum atomic E-state index is -0.892. The third-order valence-electron chi connectivity index (χ3n) is 3.01. The largest absolute Gasteiger partial charge is 0.460 e. The van der Waals surface area contributed by atoms with E-state index in [0.29, 0.717) is 18.9 Å². The van der Waals surface area contributed by atoms with Crippen LogP contribution in [-0.2, 0) is 32.2 Å². The van der Waals surface area contributed by atoms with Gasteiger partial charge in [0.05, 0.1) is 19.8 Å². The van der Waals surface area contributed by atoms with Crippen molar-refractivity contribution in [2.45, 2.75) is 33.2 Å². The molecule has 6 heteroatoms. The Kier molecular flexibility index (Phi) is 8.32. The van der Waals surface area contributed by atoms with Crippen LogP contribution >= 0.6 is 0 Å². The van der Waals surface area contributed by atoms with Gasteiger partial charge in [-0.3, -0.25) is 0 Å². The third-order valence-corrected chi connectivity index (χ3v) is 3.01. The minimum absolute atomic E-state index is 0.0452. The standard InChI is InChI=1S/C17H25NO5/c1-4-21-8-13-5-6-14(16(18)7-13)9-22-10-15(19)11-23-17(20)12(2)3/h5-7,15,19H,2,4,8-11,18H2,1,3H3. The van der Waals surface area contributed by atoms with Gasteiger partial charge in [-0.05, 0) is 25.5 Å². The van der Waals surface area contributed by atoms with E-state index in [1.54, 1.807) is 6.92 Å². The quantitative estimate of drug-likeness (QED) is 0.388. The smallest absolute Gasteiger partial charge is 0.333 e. The van der Waals surface area contributed by atoms with Crippen LogP contribution in [0, 0.1) is 0 Å². The van der Waals surface area contributed by atoms with Crippen molar-refractivity contribution in [3.63, 3.8) is 0 Å². The Morgan fingerprint density at radius 3 is 2.65 bits per heavy atom. The Labute approximate surface area is 136 Å². The highest BCUT2D eigenvalue weighted by Crippen LogP contribution is 2.16. The first-order valence-electron chi connectivity index (χ1n) is 7.47. The molecule has 3 N–H and O–H groups in total. The average molecular weight is 323 g/mol. The maximum atomic E-state index is 11.2. The molecule has 0 spiro atoms. The van der Waals surface area contributed by atoms with E-state index in [1.165, 1.54) is 0 Å². The fraction of sp³-hybridized carbons (Fsp3) is 0.471. The Hall–Kier alpha value is -1.89. The summed E-state index contributed by atoms with van der Waals surface area (Å²) in [6.45, 7) is 8.30. The molecule has 0 aromatic heterocycles. The van der Waals surface area contributed by atoms with Gasteiger partial charge in [-0.25, -0.2) is 4.79 Å². The number of hydrogen-bond donors (Lipinski definition) is 2. The third kappa shape index (κ3) is 7.27. The van der Waals surface area contributed by atoms with Gasteiger partial charge in [-0.1, -0.05) is 18.7 Å². The molecule has 1 aromatic carbocycles. The Morgan fingerprint density at radius 1 is 1.30 bits per heavy atom. The number of aliphatic hydroxyl groups is 1. The van der Waals surface area contributed by atoms with Gasteiger partial charge >= 0.3 is 5.97 Å². The van der Waals surface area contributed by atoms with E-state index in [4.69, 9.17) is 19.9 Å². The molecule has 0 amide bonds. The van der Waals surface area contributed by atoms with Crippen molar-refractivity contribution in [1.29, 1.82) is 0 Å². The Balaban J connectivity index is 2.34. The van der Waals surface area contributed by atoms with Gasteiger partial charge in [-0.2, -0.15) is 0 Å². The van der Waals surface area contributed by atoms with Gasteiger partial charge in [0.25, 0.3) is 0 Å². The molecule has 0 fully saturated rings.